The summed E-state index contributed by atoms with van der Waals surface area (Å²) >= 11 is 0. The fourth-order valence-electron chi connectivity index (χ4n) is 4.26. The van der Waals surface area contributed by atoms with E-state index in [4.69, 9.17) is 9.15 Å². The second kappa shape index (κ2) is 12.2. The summed E-state index contributed by atoms with van der Waals surface area (Å²) in [6.07, 6.45) is 3.80. The number of para-hydroxylation sites is 1. The number of amides is 1. The summed E-state index contributed by atoms with van der Waals surface area (Å²) in [6, 6.07) is 24.9. The van der Waals surface area contributed by atoms with Gasteiger partial charge < -0.3 is 14.1 Å². The summed E-state index contributed by atoms with van der Waals surface area (Å²) < 4.78 is 11.9. The van der Waals surface area contributed by atoms with Crippen LogP contribution in [0.25, 0.3) is 11.0 Å². The Morgan fingerprint density at radius 2 is 1.61 bits per heavy atom. The van der Waals surface area contributed by atoms with Crippen LogP contribution in [-0.4, -0.2) is 30.2 Å². The zero-order chi connectivity index (χ0) is 25.3. The third-order valence-electron chi connectivity index (χ3n) is 6.26. The van der Waals surface area contributed by atoms with Crippen LogP contribution in [0.5, 0.6) is 5.75 Å². The van der Waals surface area contributed by atoms with Gasteiger partial charge in [-0.15, -0.1) is 0 Å². The molecule has 0 saturated carbocycles. The monoisotopic (exact) mass is 483 g/mol. The molecule has 5 nitrogen and oxygen atoms in total. The zero-order valence-corrected chi connectivity index (χ0v) is 21.0. The number of nitrogens with zero attached hydrogens (tertiary/aromatic N) is 1. The predicted molar refractivity (Wildman–Crippen MR) is 142 cm³/mol. The molecule has 0 bridgehead atoms. The second-order valence-corrected chi connectivity index (χ2v) is 9.04. The van der Waals surface area contributed by atoms with Crippen LogP contribution in [0.1, 0.15) is 59.9 Å². The van der Waals surface area contributed by atoms with Crippen LogP contribution in [0.4, 0.5) is 0 Å². The fraction of sp³-hybridized carbons (Fsp3) is 0.290. The van der Waals surface area contributed by atoms with Crippen molar-refractivity contribution in [1.82, 2.24) is 4.90 Å². The summed E-state index contributed by atoms with van der Waals surface area (Å²) in [5.74, 6) is 1.49. The number of furan rings is 1. The highest BCUT2D eigenvalue weighted by Crippen LogP contribution is 2.29. The topological polar surface area (TPSA) is 59.8 Å². The maximum atomic E-state index is 13.4. The number of aryl methyl sites for hydroxylation is 1. The van der Waals surface area contributed by atoms with Crippen LogP contribution in [0, 0.1) is 0 Å². The van der Waals surface area contributed by atoms with E-state index in [9.17, 15) is 9.59 Å². The summed E-state index contributed by atoms with van der Waals surface area (Å²) in [5, 5.41) is 0.857. The molecule has 36 heavy (non-hydrogen) atoms. The molecule has 4 rings (SSSR count). The first-order valence-corrected chi connectivity index (χ1v) is 12.6. The van der Waals surface area contributed by atoms with E-state index in [0.29, 0.717) is 42.9 Å². The van der Waals surface area contributed by atoms with Gasteiger partial charge in [0, 0.05) is 37.4 Å². The van der Waals surface area contributed by atoms with Gasteiger partial charge in [-0.05, 0) is 48.7 Å². The quantitative estimate of drug-likeness (QED) is 0.164. The summed E-state index contributed by atoms with van der Waals surface area (Å²) in [5.41, 5.74) is 3.12. The van der Waals surface area contributed by atoms with Crippen LogP contribution in [-0.2, 0) is 17.8 Å². The summed E-state index contributed by atoms with van der Waals surface area (Å²) in [6.45, 7) is 3.16. The number of carbonyl (C=O) groups excluding carboxylic acids is 2. The number of ketones is 1. The van der Waals surface area contributed by atoms with E-state index < -0.39 is 0 Å². The van der Waals surface area contributed by atoms with Gasteiger partial charge in [0.05, 0.1) is 12.2 Å². The number of carbonyl (C=O) groups is 2. The first-order chi connectivity index (χ1) is 17.6. The van der Waals surface area contributed by atoms with Crippen molar-refractivity contribution in [1.29, 1.82) is 0 Å². The van der Waals surface area contributed by atoms with Crippen molar-refractivity contribution >= 4 is 22.7 Å². The van der Waals surface area contributed by atoms with Crippen molar-refractivity contribution in [2.24, 2.45) is 0 Å². The lowest BCUT2D eigenvalue weighted by molar-refractivity contribution is -0.130. The Labute approximate surface area is 212 Å². The fourth-order valence-corrected chi connectivity index (χ4v) is 4.26. The third-order valence-corrected chi connectivity index (χ3v) is 6.26. The Hall–Kier alpha value is -3.86. The van der Waals surface area contributed by atoms with Crippen molar-refractivity contribution in [2.45, 2.75) is 45.6 Å². The van der Waals surface area contributed by atoms with E-state index in [2.05, 4.69) is 6.92 Å². The van der Waals surface area contributed by atoms with Gasteiger partial charge in [-0.3, -0.25) is 9.59 Å². The van der Waals surface area contributed by atoms with E-state index in [1.165, 1.54) is 0 Å². The molecule has 0 radical (unpaired) electrons. The van der Waals surface area contributed by atoms with Crippen LogP contribution >= 0.6 is 0 Å². The van der Waals surface area contributed by atoms with Crippen molar-refractivity contribution in [3.05, 3.63) is 101 Å². The minimum atomic E-state index is -0.0374. The van der Waals surface area contributed by atoms with Crippen LogP contribution in [0.15, 0.2) is 83.3 Å². The molecule has 1 amide bonds. The van der Waals surface area contributed by atoms with Gasteiger partial charge in [0.2, 0.25) is 5.91 Å². The molecule has 1 aromatic heterocycles. The predicted octanol–water partition coefficient (Wildman–Crippen LogP) is 6.82. The van der Waals surface area contributed by atoms with Crippen LogP contribution in [0.3, 0.4) is 0 Å². The molecule has 4 aromatic rings. The van der Waals surface area contributed by atoms with Gasteiger partial charge in [0.15, 0.2) is 5.78 Å². The molecular weight excluding hydrogens is 450 g/mol. The Kier molecular flexibility index (Phi) is 8.56. The Bertz CT molecular complexity index is 1290. The molecule has 0 aliphatic carbocycles. The van der Waals surface area contributed by atoms with Crippen LogP contribution in [0.2, 0.25) is 0 Å². The SMILES string of the molecule is CCCCc1oc2ccccc2c1C(=O)c1ccc(OCCCC(=O)N(C)Cc2ccccc2)cc1. The lowest BCUT2D eigenvalue weighted by atomic mass is 9.98. The molecule has 0 atom stereocenters. The van der Waals surface area contributed by atoms with Crippen molar-refractivity contribution in [3.8, 4) is 5.75 Å². The molecule has 5 heteroatoms. The number of hydrogen-bond acceptors (Lipinski definition) is 4. The highest BCUT2D eigenvalue weighted by molar-refractivity contribution is 6.16. The average molecular weight is 484 g/mol. The van der Waals surface area contributed by atoms with Gasteiger partial charge >= 0.3 is 0 Å². The standard InChI is InChI=1S/C31H33NO4/c1-3-4-14-28-30(26-13-8-9-15-27(26)36-28)31(34)24-17-19-25(20-18-24)35-21-10-16-29(33)32(2)22-23-11-6-5-7-12-23/h5-9,11-13,15,17-20H,3-4,10,14,16,21-22H2,1-2H3. The smallest absolute Gasteiger partial charge is 0.222 e. The van der Waals surface area contributed by atoms with Crippen molar-refractivity contribution in [3.63, 3.8) is 0 Å². The summed E-state index contributed by atoms with van der Waals surface area (Å²) in [4.78, 5) is 27.5. The largest absolute Gasteiger partial charge is 0.494 e. The molecule has 3 aromatic carbocycles. The highest BCUT2D eigenvalue weighted by atomic mass is 16.5. The van der Waals surface area contributed by atoms with Gasteiger partial charge in [-0.25, -0.2) is 0 Å². The number of rotatable bonds is 12. The lowest BCUT2D eigenvalue weighted by Gasteiger charge is -2.17. The van der Waals surface area contributed by atoms with Gasteiger partial charge in [0.1, 0.15) is 17.1 Å². The molecule has 0 aliphatic heterocycles. The molecule has 1 heterocycles. The van der Waals surface area contributed by atoms with E-state index >= 15 is 0 Å². The van der Waals surface area contributed by atoms with Crippen molar-refractivity contribution < 1.29 is 18.7 Å². The average Bonchev–Trinajstić information content (AvgIpc) is 3.28. The second-order valence-electron chi connectivity index (χ2n) is 9.04. The number of hydrogen-bond donors (Lipinski definition) is 0. The van der Waals surface area contributed by atoms with Gasteiger partial charge in [-0.1, -0.05) is 61.9 Å². The minimum Gasteiger partial charge on any atom is -0.494 e. The summed E-state index contributed by atoms with van der Waals surface area (Å²) in [7, 11) is 1.82. The minimum absolute atomic E-state index is 0.0374. The maximum Gasteiger partial charge on any atom is 0.222 e. The van der Waals surface area contributed by atoms with Crippen LogP contribution < -0.4 is 4.74 Å². The van der Waals surface area contributed by atoms with E-state index in [-0.39, 0.29) is 11.7 Å². The first-order valence-electron chi connectivity index (χ1n) is 12.6. The van der Waals surface area contributed by atoms with E-state index in [1.54, 1.807) is 17.0 Å². The molecule has 0 fully saturated rings. The third kappa shape index (κ3) is 6.22. The first kappa shape index (κ1) is 25.2. The molecule has 0 saturated heterocycles. The van der Waals surface area contributed by atoms with Gasteiger partial charge in [0.25, 0.3) is 0 Å². The zero-order valence-electron chi connectivity index (χ0n) is 21.0. The van der Waals surface area contributed by atoms with Crippen molar-refractivity contribution in [2.75, 3.05) is 13.7 Å². The molecule has 0 unspecified atom stereocenters. The maximum absolute atomic E-state index is 13.4. The highest BCUT2D eigenvalue weighted by Gasteiger charge is 2.21. The molecular formula is C31H33NO4. The number of fused-ring (bicyclic) bond motifs is 1. The van der Waals surface area contributed by atoms with Gasteiger partial charge in [-0.2, -0.15) is 0 Å². The van der Waals surface area contributed by atoms with E-state index in [1.807, 2.05) is 73.8 Å². The normalized spacial score (nSPS) is 10.9. The molecule has 0 aliphatic rings. The number of ether oxygens (including phenoxy) is 1. The molecule has 0 spiro atoms. The Morgan fingerprint density at radius 3 is 2.36 bits per heavy atom. The molecule has 186 valence electrons. The van der Waals surface area contributed by atoms with E-state index in [0.717, 1.165) is 41.6 Å². The molecule has 0 N–H and O–H groups in total. The lowest BCUT2D eigenvalue weighted by Crippen LogP contribution is -2.26. The Balaban J connectivity index is 1.32. The Morgan fingerprint density at radius 1 is 0.889 bits per heavy atom. The number of benzene rings is 3. The number of unbranched alkanes of at least 4 members (excludes halogenated alkanes) is 1.